The van der Waals surface area contributed by atoms with E-state index in [1.54, 1.807) is 6.07 Å². The normalized spacial score (nSPS) is 10.7. The van der Waals surface area contributed by atoms with Gasteiger partial charge in [0.15, 0.2) is 0 Å². The van der Waals surface area contributed by atoms with E-state index in [9.17, 15) is 4.39 Å². The minimum absolute atomic E-state index is 0.152. The fourth-order valence-corrected chi connectivity index (χ4v) is 2.34. The van der Waals surface area contributed by atoms with Gasteiger partial charge in [0.2, 0.25) is 0 Å². The fraction of sp³-hybridized carbons (Fsp3) is 0.0588. The molecule has 100 valence electrons. The van der Waals surface area contributed by atoms with Gasteiger partial charge in [-0.15, -0.1) is 0 Å². The Morgan fingerprint density at radius 1 is 0.950 bits per heavy atom. The maximum Gasteiger partial charge on any atom is 0.142 e. The topological polar surface area (TPSA) is 12.0 Å². The van der Waals surface area contributed by atoms with E-state index >= 15 is 0 Å². The van der Waals surface area contributed by atoms with Crippen molar-refractivity contribution in [1.29, 1.82) is 0 Å². The van der Waals surface area contributed by atoms with E-state index in [2.05, 4.69) is 23.5 Å². The van der Waals surface area contributed by atoms with Crippen LogP contribution in [0.25, 0.3) is 10.8 Å². The maximum atomic E-state index is 13.4. The highest BCUT2D eigenvalue weighted by Crippen LogP contribution is 2.24. The Labute approximate surface area is 122 Å². The molecule has 0 aliphatic carbocycles. The molecule has 0 bridgehead atoms. The second-order valence-corrected chi connectivity index (χ2v) is 5.04. The number of halogens is 2. The van der Waals surface area contributed by atoms with Crippen LogP contribution in [-0.2, 0) is 6.54 Å². The highest BCUT2D eigenvalue weighted by molar-refractivity contribution is 6.30. The van der Waals surface area contributed by atoms with Gasteiger partial charge in [0.1, 0.15) is 5.82 Å². The number of benzene rings is 3. The molecule has 0 amide bonds. The van der Waals surface area contributed by atoms with Crippen LogP contribution in [0.5, 0.6) is 0 Å². The van der Waals surface area contributed by atoms with Gasteiger partial charge >= 0.3 is 0 Å². The predicted octanol–water partition coefficient (Wildman–Crippen LogP) is 5.24. The summed E-state index contributed by atoms with van der Waals surface area (Å²) < 4.78 is 13.4. The van der Waals surface area contributed by atoms with Crippen molar-refractivity contribution in [3.05, 3.63) is 77.1 Å². The van der Waals surface area contributed by atoms with Crippen LogP contribution in [0.3, 0.4) is 0 Å². The Balaban J connectivity index is 1.85. The van der Waals surface area contributed by atoms with Crippen molar-refractivity contribution in [2.45, 2.75) is 6.54 Å². The third-order valence-corrected chi connectivity index (χ3v) is 3.56. The molecule has 3 aromatic rings. The van der Waals surface area contributed by atoms with Crippen LogP contribution < -0.4 is 5.32 Å². The SMILES string of the molecule is Fc1cc(CNc2cccc3ccccc23)ccc1Cl. The lowest BCUT2D eigenvalue weighted by atomic mass is 10.1. The molecular formula is C17H13ClFN. The zero-order valence-corrected chi connectivity index (χ0v) is 11.5. The van der Waals surface area contributed by atoms with E-state index in [0.717, 1.165) is 16.6 Å². The lowest BCUT2D eigenvalue weighted by Gasteiger charge is -2.10. The average molecular weight is 286 g/mol. The minimum Gasteiger partial charge on any atom is -0.380 e. The highest BCUT2D eigenvalue weighted by atomic mass is 35.5. The summed E-state index contributed by atoms with van der Waals surface area (Å²) in [5.74, 6) is -0.385. The van der Waals surface area contributed by atoms with Crippen LogP contribution in [-0.4, -0.2) is 0 Å². The number of nitrogens with one attached hydrogen (secondary N) is 1. The van der Waals surface area contributed by atoms with Crippen molar-refractivity contribution in [3.8, 4) is 0 Å². The second-order valence-electron chi connectivity index (χ2n) is 4.63. The summed E-state index contributed by atoms with van der Waals surface area (Å²) in [6.07, 6.45) is 0. The van der Waals surface area contributed by atoms with Crippen LogP contribution in [0.4, 0.5) is 10.1 Å². The molecule has 0 aromatic heterocycles. The van der Waals surface area contributed by atoms with E-state index in [0.29, 0.717) is 6.54 Å². The molecule has 0 spiro atoms. The van der Waals surface area contributed by atoms with Crippen molar-refractivity contribution in [2.24, 2.45) is 0 Å². The van der Waals surface area contributed by atoms with Crippen molar-refractivity contribution >= 4 is 28.1 Å². The Kier molecular flexibility index (Phi) is 3.57. The summed E-state index contributed by atoms with van der Waals surface area (Å²) in [7, 11) is 0. The van der Waals surface area contributed by atoms with Gasteiger partial charge in [0.05, 0.1) is 5.02 Å². The average Bonchev–Trinajstić information content (AvgIpc) is 2.48. The van der Waals surface area contributed by atoms with E-state index in [1.165, 1.54) is 11.5 Å². The molecule has 0 unspecified atom stereocenters. The van der Waals surface area contributed by atoms with Crippen LogP contribution in [0, 0.1) is 5.82 Å². The van der Waals surface area contributed by atoms with Gasteiger partial charge in [-0.1, -0.05) is 54.1 Å². The van der Waals surface area contributed by atoms with E-state index in [4.69, 9.17) is 11.6 Å². The molecule has 0 atom stereocenters. The van der Waals surface area contributed by atoms with Gasteiger partial charge in [-0.3, -0.25) is 0 Å². The summed E-state index contributed by atoms with van der Waals surface area (Å²) in [6.45, 7) is 0.558. The van der Waals surface area contributed by atoms with Crippen molar-refractivity contribution in [1.82, 2.24) is 0 Å². The van der Waals surface area contributed by atoms with Crippen LogP contribution >= 0.6 is 11.6 Å². The highest BCUT2D eigenvalue weighted by Gasteiger charge is 2.03. The Hall–Kier alpha value is -2.06. The summed E-state index contributed by atoms with van der Waals surface area (Å²) in [6, 6.07) is 19.1. The summed E-state index contributed by atoms with van der Waals surface area (Å²) in [4.78, 5) is 0. The van der Waals surface area contributed by atoms with Crippen molar-refractivity contribution in [3.63, 3.8) is 0 Å². The number of fused-ring (bicyclic) bond motifs is 1. The predicted molar refractivity (Wildman–Crippen MR) is 82.7 cm³/mol. The van der Waals surface area contributed by atoms with Gasteiger partial charge < -0.3 is 5.32 Å². The zero-order valence-electron chi connectivity index (χ0n) is 10.7. The van der Waals surface area contributed by atoms with Gasteiger partial charge in [-0.25, -0.2) is 4.39 Å². The molecule has 3 aromatic carbocycles. The fourth-order valence-electron chi connectivity index (χ4n) is 2.23. The molecule has 1 nitrogen and oxygen atoms in total. The first-order chi connectivity index (χ1) is 9.74. The molecule has 0 fully saturated rings. The molecule has 3 heteroatoms. The Morgan fingerprint density at radius 2 is 1.75 bits per heavy atom. The van der Waals surface area contributed by atoms with Crippen LogP contribution in [0.1, 0.15) is 5.56 Å². The molecule has 0 radical (unpaired) electrons. The molecule has 3 rings (SSSR count). The Morgan fingerprint density at radius 3 is 2.60 bits per heavy atom. The summed E-state index contributed by atoms with van der Waals surface area (Å²) in [5.41, 5.74) is 1.90. The van der Waals surface area contributed by atoms with Crippen LogP contribution in [0.2, 0.25) is 5.02 Å². The second kappa shape index (κ2) is 5.51. The molecule has 20 heavy (non-hydrogen) atoms. The van der Waals surface area contributed by atoms with Crippen molar-refractivity contribution in [2.75, 3.05) is 5.32 Å². The van der Waals surface area contributed by atoms with Crippen LogP contribution in [0.15, 0.2) is 60.7 Å². The first kappa shape index (κ1) is 12.9. The first-order valence-electron chi connectivity index (χ1n) is 6.39. The quantitative estimate of drug-likeness (QED) is 0.693. The van der Waals surface area contributed by atoms with Gasteiger partial charge in [0, 0.05) is 17.6 Å². The molecule has 0 heterocycles. The molecular weight excluding hydrogens is 273 g/mol. The van der Waals surface area contributed by atoms with Crippen molar-refractivity contribution < 1.29 is 4.39 Å². The zero-order chi connectivity index (χ0) is 13.9. The minimum atomic E-state index is -0.385. The number of rotatable bonds is 3. The lowest BCUT2D eigenvalue weighted by Crippen LogP contribution is -2.00. The smallest absolute Gasteiger partial charge is 0.142 e. The third-order valence-electron chi connectivity index (χ3n) is 3.26. The number of hydrogen-bond acceptors (Lipinski definition) is 1. The van der Waals surface area contributed by atoms with Gasteiger partial charge in [0.25, 0.3) is 0 Å². The van der Waals surface area contributed by atoms with Gasteiger partial charge in [-0.05, 0) is 29.1 Å². The number of hydrogen-bond donors (Lipinski definition) is 1. The molecule has 1 N–H and O–H groups in total. The summed E-state index contributed by atoms with van der Waals surface area (Å²) >= 11 is 5.68. The molecule has 0 saturated carbocycles. The number of anilines is 1. The monoisotopic (exact) mass is 285 g/mol. The van der Waals surface area contributed by atoms with E-state index < -0.39 is 0 Å². The Bertz CT molecular complexity index is 750. The molecule has 0 aliphatic rings. The largest absolute Gasteiger partial charge is 0.380 e. The lowest BCUT2D eigenvalue weighted by molar-refractivity contribution is 0.626. The standard InChI is InChI=1S/C17H13ClFN/c18-15-9-8-12(10-16(15)19)11-20-17-7-3-5-13-4-1-2-6-14(13)17/h1-10,20H,11H2. The molecule has 0 saturated heterocycles. The van der Waals surface area contributed by atoms with E-state index in [1.807, 2.05) is 30.3 Å². The first-order valence-corrected chi connectivity index (χ1v) is 6.77. The maximum absolute atomic E-state index is 13.4. The third kappa shape index (κ3) is 2.61. The summed E-state index contributed by atoms with van der Waals surface area (Å²) in [5, 5.41) is 5.83. The molecule has 0 aliphatic heterocycles. The van der Waals surface area contributed by atoms with Gasteiger partial charge in [-0.2, -0.15) is 0 Å². The van der Waals surface area contributed by atoms with E-state index in [-0.39, 0.29) is 10.8 Å².